The normalized spacial score (nSPS) is 14.0. The maximum atomic E-state index is 12.3. The highest BCUT2D eigenvalue weighted by atomic mass is 16.1. The van der Waals surface area contributed by atoms with Crippen LogP contribution in [-0.4, -0.2) is 47.3 Å². The lowest BCUT2D eigenvalue weighted by Gasteiger charge is -2.36. The van der Waals surface area contributed by atoms with E-state index < -0.39 is 0 Å². The fourth-order valence-electron chi connectivity index (χ4n) is 3.22. The topological polar surface area (TPSA) is 74.2 Å². The zero-order valence-electron chi connectivity index (χ0n) is 15.5. The monoisotopic (exact) mass is 374 g/mol. The number of carbonyl (C=O) groups excluding carboxylic acids is 1. The van der Waals surface area contributed by atoms with Crippen molar-refractivity contribution in [1.29, 1.82) is 0 Å². The lowest BCUT2D eigenvalue weighted by molar-refractivity contribution is 0.0945. The number of nitrogens with one attached hydrogen (secondary N) is 1. The highest BCUT2D eigenvalue weighted by Crippen LogP contribution is 2.18. The van der Waals surface area contributed by atoms with Gasteiger partial charge in [-0.15, -0.1) is 10.2 Å². The van der Waals surface area contributed by atoms with Gasteiger partial charge in [-0.05, 0) is 35.9 Å². The van der Waals surface area contributed by atoms with Crippen LogP contribution in [0.4, 0.5) is 11.5 Å². The second-order valence-electron chi connectivity index (χ2n) is 6.63. The molecule has 1 aliphatic rings. The van der Waals surface area contributed by atoms with Gasteiger partial charge >= 0.3 is 0 Å². The molecule has 0 atom stereocenters. The van der Waals surface area contributed by atoms with Crippen LogP contribution in [0.1, 0.15) is 16.1 Å². The van der Waals surface area contributed by atoms with E-state index in [1.807, 2.05) is 24.3 Å². The lowest BCUT2D eigenvalue weighted by Crippen LogP contribution is -2.46. The highest BCUT2D eigenvalue weighted by molar-refractivity contribution is 5.92. The van der Waals surface area contributed by atoms with E-state index in [2.05, 4.69) is 54.6 Å². The Morgan fingerprint density at radius 1 is 0.893 bits per heavy atom. The van der Waals surface area contributed by atoms with Crippen LogP contribution in [0.3, 0.4) is 0 Å². The largest absolute Gasteiger partial charge is 0.368 e. The number of nitrogens with zero attached hydrogens (tertiary/aromatic N) is 5. The van der Waals surface area contributed by atoms with Crippen LogP contribution in [-0.2, 0) is 6.54 Å². The SMILES string of the molecule is O=C(NCc1cccnc1)c1ccc(N2CCN(c3ccccc3)CC2)nn1. The number of aromatic nitrogens is 3. The standard InChI is InChI=1S/C21H22N6O/c28-21(23-16-17-5-4-10-22-15-17)19-8-9-20(25-24-19)27-13-11-26(12-14-27)18-6-2-1-3-7-18/h1-10,15H,11-14,16H2,(H,23,28). The van der Waals surface area contributed by atoms with E-state index in [4.69, 9.17) is 0 Å². The Kier molecular flexibility index (Phi) is 5.42. The van der Waals surface area contributed by atoms with E-state index in [9.17, 15) is 4.79 Å². The Balaban J connectivity index is 1.31. The first-order valence-electron chi connectivity index (χ1n) is 9.35. The maximum absolute atomic E-state index is 12.3. The van der Waals surface area contributed by atoms with E-state index in [1.165, 1.54) is 5.69 Å². The van der Waals surface area contributed by atoms with Crippen LogP contribution < -0.4 is 15.1 Å². The van der Waals surface area contributed by atoms with Crippen LogP contribution in [0.15, 0.2) is 67.0 Å². The molecule has 0 saturated carbocycles. The third-order valence-corrected chi connectivity index (χ3v) is 4.78. The summed E-state index contributed by atoms with van der Waals surface area (Å²) >= 11 is 0. The van der Waals surface area contributed by atoms with Crippen LogP contribution in [0.25, 0.3) is 0 Å². The average molecular weight is 374 g/mol. The molecule has 4 rings (SSSR count). The van der Waals surface area contributed by atoms with Crippen molar-refractivity contribution in [3.05, 3.63) is 78.2 Å². The van der Waals surface area contributed by atoms with Gasteiger partial charge in [0, 0.05) is 50.8 Å². The van der Waals surface area contributed by atoms with Crippen molar-refractivity contribution in [3.63, 3.8) is 0 Å². The number of anilines is 2. The van der Waals surface area contributed by atoms with Crippen molar-refractivity contribution in [2.75, 3.05) is 36.0 Å². The summed E-state index contributed by atoms with van der Waals surface area (Å²) in [6.45, 7) is 4.02. The molecule has 0 bridgehead atoms. The second-order valence-corrected chi connectivity index (χ2v) is 6.63. The summed E-state index contributed by atoms with van der Waals surface area (Å²) in [5.41, 5.74) is 2.50. The molecule has 1 aliphatic heterocycles. The van der Waals surface area contributed by atoms with E-state index in [-0.39, 0.29) is 5.91 Å². The van der Waals surface area contributed by atoms with Gasteiger partial charge in [0.1, 0.15) is 0 Å². The number of hydrogen-bond donors (Lipinski definition) is 1. The first kappa shape index (κ1) is 17.9. The zero-order valence-corrected chi connectivity index (χ0v) is 15.5. The van der Waals surface area contributed by atoms with Crippen molar-refractivity contribution in [2.24, 2.45) is 0 Å². The molecule has 28 heavy (non-hydrogen) atoms. The van der Waals surface area contributed by atoms with Gasteiger partial charge in [0.2, 0.25) is 0 Å². The minimum Gasteiger partial charge on any atom is -0.368 e. The van der Waals surface area contributed by atoms with Gasteiger partial charge in [-0.25, -0.2) is 0 Å². The summed E-state index contributed by atoms with van der Waals surface area (Å²) in [6.07, 6.45) is 3.43. The molecule has 3 heterocycles. The molecule has 0 unspecified atom stereocenters. The molecule has 1 fully saturated rings. The smallest absolute Gasteiger partial charge is 0.272 e. The number of para-hydroxylation sites is 1. The zero-order chi connectivity index (χ0) is 19.2. The number of rotatable bonds is 5. The minimum absolute atomic E-state index is 0.239. The fourth-order valence-corrected chi connectivity index (χ4v) is 3.22. The Hall–Kier alpha value is -3.48. The van der Waals surface area contributed by atoms with Gasteiger partial charge in [0.15, 0.2) is 11.5 Å². The number of amides is 1. The first-order valence-corrected chi connectivity index (χ1v) is 9.35. The van der Waals surface area contributed by atoms with Crippen LogP contribution in [0.2, 0.25) is 0 Å². The molecular formula is C21H22N6O. The van der Waals surface area contributed by atoms with Gasteiger partial charge in [0.05, 0.1) is 0 Å². The van der Waals surface area contributed by atoms with Crippen LogP contribution in [0, 0.1) is 0 Å². The minimum atomic E-state index is -0.239. The van der Waals surface area contributed by atoms with Gasteiger partial charge in [-0.1, -0.05) is 24.3 Å². The Bertz CT molecular complexity index is 893. The van der Waals surface area contributed by atoms with Crippen LogP contribution in [0.5, 0.6) is 0 Å². The van der Waals surface area contributed by atoms with Crippen molar-refractivity contribution in [2.45, 2.75) is 6.54 Å². The van der Waals surface area contributed by atoms with Gasteiger partial charge in [0.25, 0.3) is 5.91 Å². The summed E-state index contributed by atoms with van der Waals surface area (Å²) in [6, 6.07) is 17.8. The van der Waals surface area contributed by atoms with E-state index in [0.717, 1.165) is 37.6 Å². The molecule has 7 heteroatoms. The summed E-state index contributed by atoms with van der Waals surface area (Å²) < 4.78 is 0. The van der Waals surface area contributed by atoms with Gasteiger partial charge in [-0.2, -0.15) is 0 Å². The lowest BCUT2D eigenvalue weighted by atomic mass is 10.2. The summed E-state index contributed by atoms with van der Waals surface area (Å²) in [5, 5.41) is 11.2. The predicted octanol–water partition coefficient (Wildman–Crippen LogP) is 2.13. The number of hydrogen-bond acceptors (Lipinski definition) is 6. The average Bonchev–Trinajstić information content (AvgIpc) is 2.79. The number of piperazine rings is 1. The third kappa shape index (κ3) is 4.25. The fraction of sp³-hybridized carbons (Fsp3) is 0.238. The molecule has 3 aromatic rings. The van der Waals surface area contributed by atoms with E-state index in [0.29, 0.717) is 12.2 Å². The van der Waals surface area contributed by atoms with Crippen LogP contribution >= 0.6 is 0 Å². The maximum Gasteiger partial charge on any atom is 0.272 e. The molecule has 2 aromatic heterocycles. The molecule has 0 spiro atoms. The highest BCUT2D eigenvalue weighted by Gasteiger charge is 2.19. The second kappa shape index (κ2) is 8.47. The molecule has 7 nitrogen and oxygen atoms in total. The Morgan fingerprint density at radius 3 is 2.36 bits per heavy atom. The molecule has 1 amide bonds. The number of pyridine rings is 1. The first-order chi connectivity index (χ1) is 13.8. The molecule has 1 N–H and O–H groups in total. The third-order valence-electron chi connectivity index (χ3n) is 4.78. The molecule has 0 aliphatic carbocycles. The summed E-state index contributed by atoms with van der Waals surface area (Å²) in [5.74, 6) is 0.563. The van der Waals surface area contributed by atoms with Gasteiger partial charge < -0.3 is 15.1 Å². The van der Waals surface area contributed by atoms with E-state index >= 15 is 0 Å². The molecule has 142 valence electrons. The van der Waals surface area contributed by atoms with Gasteiger partial charge in [-0.3, -0.25) is 9.78 Å². The summed E-state index contributed by atoms with van der Waals surface area (Å²) in [4.78, 5) is 20.8. The molecule has 1 saturated heterocycles. The Morgan fingerprint density at radius 2 is 1.68 bits per heavy atom. The number of benzene rings is 1. The van der Waals surface area contributed by atoms with Crippen molar-refractivity contribution in [1.82, 2.24) is 20.5 Å². The van der Waals surface area contributed by atoms with E-state index in [1.54, 1.807) is 18.5 Å². The van der Waals surface area contributed by atoms with Crippen molar-refractivity contribution in [3.8, 4) is 0 Å². The van der Waals surface area contributed by atoms with Crippen molar-refractivity contribution >= 4 is 17.4 Å². The molecule has 0 radical (unpaired) electrons. The number of carbonyl (C=O) groups is 1. The van der Waals surface area contributed by atoms with Crippen molar-refractivity contribution < 1.29 is 4.79 Å². The Labute approximate surface area is 164 Å². The molecular weight excluding hydrogens is 352 g/mol. The molecule has 1 aromatic carbocycles. The predicted molar refractivity (Wildman–Crippen MR) is 108 cm³/mol. The quantitative estimate of drug-likeness (QED) is 0.737. The summed E-state index contributed by atoms with van der Waals surface area (Å²) in [7, 11) is 0.